The molecular formula is C46H52N12O8. The highest BCUT2D eigenvalue weighted by atomic mass is 16.5. The van der Waals surface area contributed by atoms with Gasteiger partial charge in [0.2, 0.25) is 11.8 Å². The molecule has 2 fully saturated rings. The Hall–Kier alpha value is -7.42. The molecule has 20 heteroatoms. The summed E-state index contributed by atoms with van der Waals surface area (Å²) >= 11 is 0. The highest BCUT2D eigenvalue weighted by molar-refractivity contribution is 6.25. The molecule has 0 spiro atoms. The minimum Gasteiger partial charge on any atom is -0.457 e. The number of nitrogens with two attached hydrogens (primary N) is 3. The number of likely N-dealkylation sites (tertiary alicyclic amines) is 1. The molecule has 3 aliphatic heterocycles. The molecule has 5 amide bonds. The van der Waals surface area contributed by atoms with Crippen LogP contribution in [-0.2, 0) is 23.9 Å². The van der Waals surface area contributed by atoms with E-state index >= 15 is 0 Å². The second kappa shape index (κ2) is 20.6. The van der Waals surface area contributed by atoms with Gasteiger partial charge in [0.25, 0.3) is 17.7 Å². The third kappa shape index (κ3) is 10.1. The van der Waals surface area contributed by atoms with E-state index in [1.54, 1.807) is 23.1 Å². The van der Waals surface area contributed by atoms with E-state index < -0.39 is 29.7 Å². The number of nitrogens with zero attached hydrogens (tertiary/aromatic N) is 7. The number of rotatable bonds is 19. The number of carbonyl (C=O) groups excluding carboxylic acids is 5. The van der Waals surface area contributed by atoms with Crippen LogP contribution in [0.3, 0.4) is 0 Å². The van der Waals surface area contributed by atoms with Crippen LogP contribution in [0.5, 0.6) is 11.5 Å². The molecule has 344 valence electrons. The molecule has 66 heavy (non-hydrogen) atoms. The van der Waals surface area contributed by atoms with Crippen molar-refractivity contribution in [2.45, 2.75) is 50.6 Å². The number of amides is 5. The average molecular weight is 901 g/mol. The van der Waals surface area contributed by atoms with E-state index in [0.29, 0.717) is 99.4 Å². The van der Waals surface area contributed by atoms with Crippen molar-refractivity contribution < 1.29 is 38.2 Å². The van der Waals surface area contributed by atoms with Crippen LogP contribution >= 0.6 is 0 Å². The van der Waals surface area contributed by atoms with Crippen LogP contribution in [-0.4, -0.2) is 123 Å². The zero-order chi connectivity index (χ0) is 46.2. The highest BCUT2D eigenvalue weighted by Crippen LogP contribution is 2.36. The van der Waals surface area contributed by atoms with Gasteiger partial charge >= 0.3 is 0 Å². The monoisotopic (exact) mass is 900 g/mol. The molecule has 0 aliphatic carbocycles. The zero-order valence-corrected chi connectivity index (χ0v) is 36.3. The van der Waals surface area contributed by atoms with Gasteiger partial charge in [0.1, 0.15) is 41.1 Å². The molecule has 2 aromatic heterocycles. The molecule has 3 aliphatic rings. The standard InChI is InChI=1S/C46H52N12O8/c47-34(27-56(49)21-4-5-22-64-24-25-65-23-19-50-35-12-6-11-33-38(35)46(63)57(44(33)61)36-17-18-37(59)53-43(36)60)45(62)55-20-7-8-30(26-55)58-42-39(41(48)51-28-52-42)40(54-58)29-13-15-32(16-14-29)66-31-9-2-1-3-10-31/h1-3,6,9-16,27-28,30,36,50H,4-5,7-8,17-26,47,49H2,(H2,48,51,52)(H,53,59,60)/b34-27-. The number of hydrogen-bond acceptors (Lipinski definition) is 16. The lowest BCUT2D eigenvalue weighted by molar-refractivity contribution is -0.136. The fraction of sp³-hybridized carbons (Fsp3) is 0.348. The third-order valence-electron chi connectivity index (χ3n) is 11.6. The van der Waals surface area contributed by atoms with Crippen LogP contribution in [0.15, 0.2) is 91.0 Å². The maximum Gasteiger partial charge on any atom is 0.271 e. The van der Waals surface area contributed by atoms with E-state index in [-0.39, 0.29) is 41.6 Å². The van der Waals surface area contributed by atoms with Crippen molar-refractivity contribution in [2.75, 3.05) is 63.7 Å². The normalized spacial score (nSPS) is 17.6. The maximum absolute atomic E-state index is 13.6. The van der Waals surface area contributed by atoms with Crippen molar-refractivity contribution >= 4 is 52.1 Å². The molecule has 20 nitrogen and oxygen atoms in total. The molecule has 0 bridgehead atoms. The van der Waals surface area contributed by atoms with E-state index in [0.717, 1.165) is 29.1 Å². The van der Waals surface area contributed by atoms with E-state index in [1.165, 1.54) is 17.5 Å². The Kier molecular flexibility index (Phi) is 14.1. The minimum atomic E-state index is -1.03. The van der Waals surface area contributed by atoms with Crippen molar-refractivity contribution in [3.05, 3.63) is 102 Å². The summed E-state index contributed by atoms with van der Waals surface area (Å²) in [5.41, 5.74) is 15.6. The van der Waals surface area contributed by atoms with Gasteiger partial charge in [-0.25, -0.2) is 20.5 Å². The number of nitrogens with one attached hydrogen (secondary N) is 2. The topological polar surface area (TPSA) is 268 Å². The second-order valence-electron chi connectivity index (χ2n) is 16.1. The van der Waals surface area contributed by atoms with Crippen LogP contribution < -0.4 is 32.7 Å². The Morgan fingerprint density at radius 2 is 1.67 bits per heavy atom. The molecule has 2 atom stereocenters. The summed E-state index contributed by atoms with van der Waals surface area (Å²) in [5.74, 6) is 5.39. The third-order valence-corrected chi connectivity index (χ3v) is 11.6. The van der Waals surface area contributed by atoms with Crippen LogP contribution in [0.25, 0.3) is 22.3 Å². The fourth-order valence-electron chi connectivity index (χ4n) is 8.32. The number of imide groups is 2. The molecule has 5 aromatic rings. The lowest BCUT2D eigenvalue weighted by atomic mass is 10.0. The fourth-order valence-corrected chi connectivity index (χ4v) is 8.32. The summed E-state index contributed by atoms with van der Waals surface area (Å²) in [4.78, 5) is 75.3. The van der Waals surface area contributed by atoms with Gasteiger partial charge in [-0.3, -0.25) is 34.2 Å². The van der Waals surface area contributed by atoms with E-state index in [4.69, 9.17) is 36.6 Å². The number of piperidine rings is 2. The number of fused-ring (bicyclic) bond motifs is 2. The number of hydrogen-bond donors (Lipinski definition) is 5. The van der Waals surface area contributed by atoms with Crippen LogP contribution in [0.2, 0.25) is 0 Å². The highest BCUT2D eigenvalue weighted by Gasteiger charge is 2.45. The van der Waals surface area contributed by atoms with Crippen LogP contribution in [0, 0.1) is 0 Å². The zero-order valence-electron chi connectivity index (χ0n) is 36.3. The molecule has 3 aromatic carbocycles. The van der Waals surface area contributed by atoms with Gasteiger partial charge in [0, 0.05) is 56.7 Å². The predicted molar refractivity (Wildman–Crippen MR) is 242 cm³/mol. The first-order valence-electron chi connectivity index (χ1n) is 21.9. The minimum absolute atomic E-state index is 0.0300. The van der Waals surface area contributed by atoms with Gasteiger partial charge in [0.05, 0.1) is 42.4 Å². The maximum atomic E-state index is 13.6. The quantitative estimate of drug-likeness (QED) is 0.0262. The predicted octanol–water partition coefficient (Wildman–Crippen LogP) is 3.33. The van der Waals surface area contributed by atoms with Crippen molar-refractivity contribution in [1.82, 2.24) is 39.9 Å². The molecule has 5 heterocycles. The summed E-state index contributed by atoms with van der Waals surface area (Å²) < 4.78 is 19.2. The van der Waals surface area contributed by atoms with Crippen LogP contribution in [0.1, 0.15) is 65.3 Å². The molecule has 0 radical (unpaired) electrons. The first-order valence-corrected chi connectivity index (χ1v) is 21.9. The number of ether oxygens (including phenoxy) is 3. The van der Waals surface area contributed by atoms with E-state index in [1.807, 2.05) is 59.3 Å². The van der Waals surface area contributed by atoms with Gasteiger partial charge in [-0.2, -0.15) is 5.10 Å². The Morgan fingerprint density at radius 1 is 0.894 bits per heavy atom. The summed E-state index contributed by atoms with van der Waals surface area (Å²) in [6.45, 7) is 3.21. The smallest absolute Gasteiger partial charge is 0.271 e. The molecule has 0 saturated carbocycles. The molecule has 2 saturated heterocycles. The Balaban J connectivity index is 0.742. The molecule has 8 rings (SSSR count). The summed E-state index contributed by atoms with van der Waals surface area (Å²) in [6.07, 6.45) is 5.92. The van der Waals surface area contributed by atoms with Crippen molar-refractivity contribution in [3.8, 4) is 22.8 Å². The first-order chi connectivity index (χ1) is 32.1. The molecular weight excluding hydrogens is 849 g/mol. The van der Waals surface area contributed by atoms with E-state index in [9.17, 15) is 24.0 Å². The first kappa shape index (κ1) is 45.2. The number of aromatic nitrogens is 4. The Labute approximate surface area is 380 Å². The number of para-hydroxylation sites is 1. The Morgan fingerprint density at radius 3 is 2.45 bits per heavy atom. The molecule has 8 N–H and O–H groups in total. The van der Waals surface area contributed by atoms with Gasteiger partial charge < -0.3 is 40.9 Å². The average Bonchev–Trinajstić information content (AvgIpc) is 3.84. The van der Waals surface area contributed by atoms with E-state index in [2.05, 4.69) is 20.6 Å². The number of nitrogen functional groups attached to an aromatic ring is 1. The number of benzene rings is 3. The van der Waals surface area contributed by atoms with Crippen molar-refractivity contribution in [3.63, 3.8) is 0 Å². The largest absolute Gasteiger partial charge is 0.457 e. The lowest BCUT2D eigenvalue weighted by Crippen LogP contribution is -2.54. The van der Waals surface area contributed by atoms with Crippen molar-refractivity contribution in [1.29, 1.82) is 0 Å². The summed E-state index contributed by atoms with van der Waals surface area (Å²) in [7, 11) is 0. The summed E-state index contributed by atoms with van der Waals surface area (Å²) in [5, 5.41) is 12.4. The lowest BCUT2D eigenvalue weighted by Gasteiger charge is -2.33. The van der Waals surface area contributed by atoms with Gasteiger partial charge in [-0.05, 0) is 80.6 Å². The number of anilines is 2. The Bertz CT molecular complexity index is 2620. The number of carbonyl (C=O) groups is 5. The number of hydrazine groups is 1. The van der Waals surface area contributed by atoms with Gasteiger partial charge in [-0.15, -0.1) is 0 Å². The molecule has 2 unspecified atom stereocenters. The second-order valence-corrected chi connectivity index (χ2v) is 16.1. The van der Waals surface area contributed by atoms with Crippen LogP contribution in [0.4, 0.5) is 11.5 Å². The van der Waals surface area contributed by atoms with Gasteiger partial charge in [-0.1, -0.05) is 24.3 Å². The number of unbranched alkanes of at least 4 members (excludes halogenated alkanes) is 1. The van der Waals surface area contributed by atoms with Gasteiger partial charge in [0.15, 0.2) is 5.65 Å². The summed E-state index contributed by atoms with van der Waals surface area (Å²) in [6, 6.07) is 20.8. The van der Waals surface area contributed by atoms with Crippen molar-refractivity contribution in [2.24, 2.45) is 11.6 Å². The SMILES string of the molecule is N/C(=C\N(N)CCCCOCCOCCNc1cccc2c1C(=O)N(C1CCC(=O)NC1=O)C2=O)C(=O)N1CCCC(n2nc(-c3ccc(Oc4ccccc4)cc3)c3c(N)ncnc32)C1.